The van der Waals surface area contributed by atoms with Gasteiger partial charge in [-0.2, -0.15) is 0 Å². The van der Waals surface area contributed by atoms with Crippen LogP contribution in [0.1, 0.15) is 53.0 Å². The van der Waals surface area contributed by atoms with Gasteiger partial charge in [0.05, 0.1) is 7.11 Å². The number of esters is 2. The molecule has 0 saturated heterocycles. The molecule has 1 aromatic rings. The van der Waals surface area contributed by atoms with Crippen molar-refractivity contribution in [2.75, 3.05) is 7.11 Å². The molecule has 0 aromatic heterocycles. The van der Waals surface area contributed by atoms with E-state index in [4.69, 9.17) is 9.47 Å². The van der Waals surface area contributed by atoms with Gasteiger partial charge in [0.15, 0.2) is 5.60 Å². The van der Waals surface area contributed by atoms with Crippen molar-refractivity contribution in [3.8, 4) is 5.75 Å². The number of benzene rings is 1. The fraction of sp³-hybridized carbons (Fsp3) is 0.579. The number of aryl methyl sites for hydroxylation is 1. The van der Waals surface area contributed by atoms with Gasteiger partial charge < -0.3 is 14.2 Å². The third kappa shape index (κ3) is 7.02. The normalized spacial score (nSPS) is 11.8. The van der Waals surface area contributed by atoms with Crippen molar-refractivity contribution < 1.29 is 23.8 Å². The van der Waals surface area contributed by atoms with Crippen LogP contribution in [0.3, 0.4) is 0 Å². The molecule has 0 heterocycles. The second-order valence-electron chi connectivity index (χ2n) is 7.19. The van der Waals surface area contributed by atoms with Gasteiger partial charge >= 0.3 is 11.9 Å². The molecule has 0 saturated carbocycles. The molecule has 5 nitrogen and oxygen atoms in total. The molecule has 0 radical (unpaired) electrons. The molecule has 0 aliphatic rings. The molecule has 0 aliphatic carbocycles. The number of carbonyl (C=O) groups is 2. The van der Waals surface area contributed by atoms with Crippen LogP contribution in [0.4, 0.5) is 0 Å². The summed E-state index contributed by atoms with van der Waals surface area (Å²) in [6, 6.07) is 7.49. The summed E-state index contributed by atoms with van der Waals surface area (Å²) in [4.78, 5) is 23.3. The zero-order chi connectivity index (χ0) is 18.4. The van der Waals surface area contributed by atoms with Gasteiger partial charge in [-0.3, -0.25) is 4.79 Å². The fourth-order valence-electron chi connectivity index (χ4n) is 2.00. The van der Waals surface area contributed by atoms with Gasteiger partial charge in [-0.1, -0.05) is 12.1 Å². The van der Waals surface area contributed by atoms with Crippen LogP contribution in [-0.2, 0) is 25.5 Å². The third-order valence-electron chi connectivity index (χ3n) is 3.26. The smallest absolute Gasteiger partial charge is 0.350 e. The lowest BCUT2D eigenvalue weighted by Gasteiger charge is -2.29. The van der Waals surface area contributed by atoms with E-state index in [1.807, 2.05) is 45.0 Å². The number of rotatable bonds is 7. The Balaban J connectivity index is 2.59. The Morgan fingerprint density at radius 3 is 2.08 bits per heavy atom. The SMILES string of the molecule is COC(=O)CCCc1ccc(OC(C)(C)C(=O)OC(C)(C)C)cc1. The zero-order valence-electron chi connectivity index (χ0n) is 15.5. The summed E-state index contributed by atoms with van der Waals surface area (Å²) in [5.74, 6) is -0.00574. The highest BCUT2D eigenvalue weighted by atomic mass is 16.6. The molecule has 0 spiro atoms. The maximum Gasteiger partial charge on any atom is 0.350 e. The number of hydrogen-bond acceptors (Lipinski definition) is 5. The average Bonchev–Trinajstić information content (AvgIpc) is 2.46. The molecule has 134 valence electrons. The first kappa shape index (κ1) is 20.0. The van der Waals surface area contributed by atoms with E-state index in [-0.39, 0.29) is 5.97 Å². The summed E-state index contributed by atoms with van der Waals surface area (Å²) in [5, 5.41) is 0. The van der Waals surface area contributed by atoms with Crippen molar-refractivity contribution in [1.82, 2.24) is 0 Å². The fourth-order valence-corrected chi connectivity index (χ4v) is 2.00. The van der Waals surface area contributed by atoms with Gasteiger partial charge in [0.25, 0.3) is 0 Å². The monoisotopic (exact) mass is 336 g/mol. The molecular weight excluding hydrogens is 308 g/mol. The molecule has 0 N–H and O–H groups in total. The Labute approximate surface area is 144 Å². The lowest BCUT2D eigenvalue weighted by Crippen LogP contribution is -2.43. The van der Waals surface area contributed by atoms with Crippen LogP contribution in [-0.4, -0.2) is 30.3 Å². The molecule has 24 heavy (non-hydrogen) atoms. The van der Waals surface area contributed by atoms with E-state index in [2.05, 4.69) is 4.74 Å². The molecule has 0 amide bonds. The number of ether oxygens (including phenoxy) is 3. The molecule has 0 unspecified atom stereocenters. The maximum absolute atomic E-state index is 12.2. The highest BCUT2D eigenvalue weighted by Gasteiger charge is 2.34. The van der Waals surface area contributed by atoms with Crippen LogP contribution in [0, 0.1) is 0 Å². The molecular formula is C19H28O5. The van der Waals surface area contributed by atoms with E-state index in [1.165, 1.54) is 7.11 Å². The van der Waals surface area contributed by atoms with E-state index in [1.54, 1.807) is 13.8 Å². The summed E-state index contributed by atoms with van der Waals surface area (Å²) in [6.07, 6.45) is 1.92. The molecule has 0 atom stereocenters. The summed E-state index contributed by atoms with van der Waals surface area (Å²) >= 11 is 0. The van der Waals surface area contributed by atoms with E-state index in [0.29, 0.717) is 12.2 Å². The second kappa shape index (κ2) is 8.18. The Morgan fingerprint density at radius 1 is 1.00 bits per heavy atom. The lowest BCUT2D eigenvalue weighted by molar-refractivity contribution is -0.170. The second-order valence-corrected chi connectivity index (χ2v) is 7.19. The van der Waals surface area contributed by atoms with E-state index in [0.717, 1.165) is 18.4 Å². The van der Waals surface area contributed by atoms with Gasteiger partial charge in [-0.15, -0.1) is 0 Å². The van der Waals surface area contributed by atoms with Crippen molar-refractivity contribution in [2.24, 2.45) is 0 Å². The van der Waals surface area contributed by atoms with Crippen molar-refractivity contribution >= 4 is 11.9 Å². The molecule has 5 heteroatoms. The van der Waals surface area contributed by atoms with Crippen LogP contribution < -0.4 is 4.74 Å². The molecule has 1 aromatic carbocycles. The molecule has 0 aliphatic heterocycles. The first-order chi connectivity index (χ1) is 11.0. The lowest BCUT2D eigenvalue weighted by atomic mass is 10.1. The van der Waals surface area contributed by atoms with E-state index in [9.17, 15) is 9.59 Å². The summed E-state index contributed by atoms with van der Waals surface area (Å²) in [6.45, 7) is 8.84. The van der Waals surface area contributed by atoms with Crippen LogP contribution in [0.5, 0.6) is 5.75 Å². The van der Waals surface area contributed by atoms with Gasteiger partial charge in [-0.05, 0) is 65.2 Å². The Kier molecular flexibility index (Phi) is 6.81. The van der Waals surface area contributed by atoms with Gasteiger partial charge in [0, 0.05) is 6.42 Å². The third-order valence-corrected chi connectivity index (χ3v) is 3.26. The largest absolute Gasteiger partial charge is 0.476 e. The minimum absolute atomic E-state index is 0.200. The highest BCUT2D eigenvalue weighted by molar-refractivity contribution is 5.79. The molecule has 0 fully saturated rings. The van der Waals surface area contributed by atoms with Crippen LogP contribution >= 0.6 is 0 Å². The topological polar surface area (TPSA) is 61.8 Å². The van der Waals surface area contributed by atoms with Gasteiger partial charge in [-0.25, -0.2) is 4.79 Å². The quantitative estimate of drug-likeness (QED) is 0.711. The van der Waals surface area contributed by atoms with Crippen molar-refractivity contribution in [1.29, 1.82) is 0 Å². The minimum Gasteiger partial charge on any atom is -0.476 e. The number of methoxy groups -OCH3 is 1. The van der Waals surface area contributed by atoms with Crippen LogP contribution in [0.15, 0.2) is 24.3 Å². The Hall–Kier alpha value is -2.04. The standard InChI is InChI=1S/C19H28O5/c1-18(2,3)24-17(21)19(4,5)23-15-12-10-14(11-13-15)8-7-9-16(20)22-6/h10-13H,7-9H2,1-6H3. The predicted octanol–water partition coefficient (Wildman–Crippen LogP) is 3.68. The summed E-state index contributed by atoms with van der Waals surface area (Å²) in [7, 11) is 1.39. The molecule has 1 rings (SSSR count). The first-order valence-corrected chi connectivity index (χ1v) is 8.12. The Bertz CT molecular complexity index is 552. The van der Waals surface area contributed by atoms with Crippen LogP contribution in [0.25, 0.3) is 0 Å². The average molecular weight is 336 g/mol. The summed E-state index contributed by atoms with van der Waals surface area (Å²) < 4.78 is 15.8. The maximum atomic E-state index is 12.2. The first-order valence-electron chi connectivity index (χ1n) is 8.12. The highest BCUT2D eigenvalue weighted by Crippen LogP contribution is 2.22. The van der Waals surface area contributed by atoms with Crippen molar-refractivity contribution in [3.63, 3.8) is 0 Å². The summed E-state index contributed by atoms with van der Waals surface area (Å²) in [5.41, 5.74) is -0.526. The predicted molar refractivity (Wildman–Crippen MR) is 91.9 cm³/mol. The number of hydrogen-bond donors (Lipinski definition) is 0. The van der Waals surface area contributed by atoms with Crippen molar-refractivity contribution in [3.05, 3.63) is 29.8 Å². The Morgan fingerprint density at radius 2 is 1.58 bits per heavy atom. The zero-order valence-corrected chi connectivity index (χ0v) is 15.5. The van der Waals surface area contributed by atoms with Crippen LogP contribution in [0.2, 0.25) is 0 Å². The van der Waals surface area contributed by atoms with E-state index < -0.39 is 17.2 Å². The van der Waals surface area contributed by atoms with Gasteiger partial charge in [0.1, 0.15) is 11.4 Å². The van der Waals surface area contributed by atoms with Crippen molar-refractivity contribution in [2.45, 2.75) is 65.1 Å². The number of carbonyl (C=O) groups excluding carboxylic acids is 2. The van der Waals surface area contributed by atoms with Gasteiger partial charge in [0.2, 0.25) is 0 Å². The minimum atomic E-state index is -1.07. The van der Waals surface area contributed by atoms with E-state index >= 15 is 0 Å². The molecule has 0 bridgehead atoms.